The number of aromatic nitrogens is 1. The Morgan fingerprint density at radius 1 is 1.45 bits per heavy atom. The molecule has 5 heteroatoms. The second-order valence-corrected chi connectivity index (χ2v) is 6.70. The molecule has 0 amide bonds. The SMILES string of the molecule is CCOC(=O)Cc1csc(NCC(C2CC2)C2CC2)n1. The highest BCUT2D eigenvalue weighted by Crippen LogP contribution is 2.49. The molecule has 1 heterocycles. The Balaban J connectivity index is 1.48. The van der Waals surface area contributed by atoms with Crippen LogP contribution in [-0.4, -0.2) is 24.1 Å². The zero-order valence-corrected chi connectivity index (χ0v) is 12.7. The highest BCUT2D eigenvalue weighted by molar-refractivity contribution is 7.13. The van der Waals surface area contributed by atoms with Crippen LogP contribution in [0, 0.1) is 17.8 Å². The molecular weight excluding hydrogens is 272 g/mol. The first-order valence-corrected chi connectivity index (χ1v) is 8.48. The third kappa shape index (κ3) is 3.72. The average Bonchev–Trinajstić information content (AvgIpc) is 3.31. The average molecular weight is 294 g/mol. The van der Waals surface area contributed by atoms with Gasteiger partial charge < -0.3 is 10.1 Å². The molecule has 0 spiro atoms. The quantitative estimate of drug-likeness (QED) is 0.749. The lowest BCUT2D eigenvalue weighted by atomic mass is 9.98. The molecule has 0 aliphatic heterocycles. The number of rotatable bonds is 8. The molecule has 0 saturated heterocycles. The van der Waals surface area contributed by atoms with Gasteiger partial charge in [-0.1, -0.05) is 0 Å². The molecule has 2 aliphatic carbocycles. The molecule has 0 atom stereocenters. The van der Waals surface area contributed by atoms with Crippen LogP contribution in [0.2, 0.25) is 0 Å². The molecule has 4 nitrogen and oxygen atoms in total. The Morgan fingerprint density at radius 2 is 2.15 bits per heavy atom. The van der Waals surface area contributed by atoms with Crippen LogP contribution >= 0.6 is 11.3 Å². The molecule has 1 N–H and O–H groups in total. The van der Waals surface area contributed by atoms with Gasteiger partial charge in [-0.3, -0.25) is 4.79 Å². The van der Waals surface area contributed by atoms with E-state index in [1.165, 1.54) is 25.7 Å². The lowest BCUT2D eigenvalue weighted by Gasteiger charge is -2.15. The van der Waals surface area contributed by atoms with Crippen molar-refractivity contribution in [2.24, 2.45) is 17.8 Å². The van der Waals surface area contributed by atoms with E-state index in [0.717, 1.165) is 35.1 Å². The van der Waals surface area contributed by atoms with Crippen LogP contribution in [0.15, 0.2) is 5.38 Å². The molecule has 2 aliphatic rings. The summed E-state index contributed by atoms with van der Waals surface area (Å²) in [6.45, 7) is 3.29. The highest BCUT2D eigenvalue weighted by Gasteiger charge is 2.41. The van der Waals surface area contributed by atoms with Crippen molar-refractivity contribution in [2.75, 3.05) is 18.5 Å². The van der Waals surface area contributed by atoms with Gasteiger partial charge in [-0.25, -0.2) is 4.98 Å². The summed E-state index contributed by atoms with van der Waals surface area (Å²) < 4.78 is 4.94. The van der Waals surface area contributed by atoms with Gasteiger partial charge in [0.05, 0.1) is 18.7 Å². The summed E-state index contributed by atoms with van der Waals surface area (Å²) in [5, 5.41) is 6.36. The van der Waals surface area contributed by atoms with Crippen LogP contribution < -0.4 is 5.32 Å². The summed E-state index contributed by atoms with van der Waals surface area (Å²) in [6.07, 6.45) is 5.92. The summed E-state index contributed by atoms with van der Waals surface area (Å²) >= 11 is 1.59. The molecule has 0 bridgehead atoms. The van der Waals surface area contributed by atoms with Crippen molar-refractivity contribution >= 4 is 22.4 Å². The van der Waals surface area contributed by atoms with E-state index in [9.17, 15) is 4.79 Å². The first kappa shape index (κ1) is 13.9. The van der Waals surface area contributed by atoms with E-state index in [1.54, 1.807) is 11.3 Å². The monoisotopic (exact) mass is 294 g/mol. The highest BCUT2D eigenvalue weighted by atomic mass is 32.1. The Kier molecular flexibility index (Phi) is 4.24. The molecule has 1 aromatic rings. The van der Waals surface area contributed by atoms with E-state index >= 15 is 0 Å². The number of nitrogens with zero attached hydrogens (tertiary/aromatic N) is 1. The van der Waals surface area contributed by atoms with E-state index in [2.05, 4.69) is 10.3 Å². The summed E-state index contributed by atoms with van der Waals surface area (Å²) in [5.74, 6) is 2.55. The van der Waals surface area contributed by atoms with Crippen LogP contribution in [0.1, 0.15) is 38.3 Å². The van der Waals surface area contributed by atoms with Crippen molar-refractivity contribution in [1.29, 1.82) is 0 Å². The number of carbonyl (C=O) groups excluding carboxylic acids is 1. The van der Waals surface area contributed by atoms with Gasteiger partial charge in [0, 0.05) is 11.9 Å². The lowest BCUT2D eigenvalue weighted by Crippen LogP contribution is -2.18. The van der Waals surface area contributed by atoms with Gasteiger partial charge in [0.2, 0.25) is 0 Å². The van der Waals surface area contributed by atoms with E-state index in [0.29, 0.717) is 6.61 Å². The first-order valence-electron chi connectivity index (χ1n) is 7.60. The maximum atomic E-state index is 11.4. The smallest absolute Gasteiger partial charge is 0.311 e. The Labute approximate surface area is 123 Å². The van der Waals surface area contributed by atoms with Gasteiger partial charge in [0.25, 0.3) is 0 Å². The van der Waals surface area contributed by atoms with E-state index in [1.807, 2.05) is 12.3 Å². The van der Waals surface area contributed by atoms with Crippen LogP contribution in [0.5, 0.6) is 0 Å². The number of esters is 1. The van der Waals surface area contributed by atoms with Crippen molar-refractivity contribution in [1.82, 2.24) is 4.98 Å². The minimum atomic E-state index is -0.196. The fraction of sp³-hybridized carbons (Fsp3) is 0.733. The number of hydrogen-bond donors (Lipinski definition) is 1. The van der Waals surface area contributed by atoms with Crippen molar-refractivity contribution in [3.8, 4) is 0 Å². The van der Waals surface area contributed by atoms with E-state index in [-0.39, 0.29) is 12.4 Å². The van der Waals surface area contributed by atoms with E-state index < -0.39 is 0 Å². The zero-order chi connectivity index (χ0) is 13.9. The van der Waals surface area contributed by atoms with Crippen molar-refractivity contribution in [3.63, 3.8) is 0 Å². The first-order chi connectivity index (χ1) is 9.76. The van der Waals surface area contributed by atoms with Gasteiger partial charge >= 0.3 is 5.97 Å². The third-order valence-electron chi connectivity index (χ3n) is 4.13. The minimum Gasteiger partial charge on any atom is -0.466 e. The summed E-state index contributed by atoms with van der Waals surface area (Å²) in [4.78, 5) is 15.9. The third-order valence-corrected chi connectivity index (χ3v) is 4.98. The van der Waals surface area contributed by atoms with Crippen molar-refractivity contribution in [3.05, 3.63) is 11.1 Å². The van der Waals surface area contributed by atoms with Gasteiger partial charge in [0.15, 0.2) is 5.13 Å². The number of thiazole rings is 1. The number of hydrogen-bond acceptors (Lipinski definition) is 5. The minimum absolute atomic E-state index is 0.196. The number of ether oxygens (including phenoxy) is 1. The molecule has 1 aromatic heterocycles. The van der Waals surface area contributed by atoms with Crippen molar-refractivity contribution < 1.29 is 9.53 Å². The maximum absolute atomic E-state index is 11.4. The van der Waals surface area contributed by atoms with E-state index in [4.69, 9.17) is 4.74 Å². The van der Waals surface area contributed by atoms with Crippen molar-refractivity contribution in [2.45, 2.75) is 39.0 Å². The molecule has 110 valence electrons. The Hall–Kier alpha value is -1.10. The molecular formula is C15H22N2O2S. The molecule has 2 saturated carbocycles. The second-order valence-electron chi connectivity index (χ2n) is 5.85. The molecule has 2 fully saturated rings. The molecule has 0 radical (unpaired) electrons. The summed E-state index contributed by atoms with van der Waals surface area (Å²) in [7, 11) is 0. The number of nitrogens with one attached hydrogen (secondary N) is 1. The van der Waals surface area contributed by atoms with Gasteiger partial charge in [-0.15, -0.1) is 11.3 Å². The molecule has 0 aromatic carbocycles. The maximum Gasteiger partial charge on any atom is 0.311 e. The van der Waals surface area contributed by atoms with Gasteiger partial charge in [-0.05, 0) is 50.4 Å². The summed E-state index contributed by atoms with van der Waals surface area (Å²) in [6, 6.07) is 0. The molecule has 0 unspecified atom stereocenters. The fourth-order valence-corrected chi connectivity index (χ4v) is 3.52. The van der Waals surface area contributed by atoms with Crippen LogP contribution in [0.4, 0.5) is 5.13 Å². The van der Waals surface area contributed by atoms with Crippen LogP contribution in [-0.2, 0) is 16.0 Å². The number of carbonyl (C=O) groups is 1. The summed E-state index contributed by atoms with van der Waals surface area (Å²) in [5.41, 5.74) is 0.811. The lowest BCUT2D eigenvalue weighted by molar-refractivity contribution is -0.142. The van der Waals surface area contributed by atoms with Crippen LogP contribution in [0.25, 0.3) is 0 Å². The standard InChI is InChI=1S/C15H22N2O2S/c1-2-19-14(18)7-12-9-20-15(17-12)16-8-13(10-3-4-10)11-5-6-11/h9-11,13H,2-8H2,1H3,(H,16,17). The Morgan fingerprint density at radius 3 is 2.75 bits per heavy atom. The topological polar surface area (TPSA) is 51.2 Å². The predicted octanol–water partition coefficient (Wildman–Crippen LogP) is 3.10. The molecule has 20 heavy (non-hydrogen) atoms. The largest absolute Gasteiger partial charge is 0.466 e. The normalized spacial score (nSPS) is 18.3. The van der Waals surface area contributed by atoms with Crippen LogP contribution in [0.3, 0.4) is 0 Å². The fourth-order valence-electron chi connectivity index (χ4n) is 2.80. The zero-order valence-electron chi connectivity index (χ0n) is 11.9. The second kappa shape index (κ2) is 6.12. The Bertz CT molecular complexity index is 454. The van der Waals surface area contributed by atoms with Gasteiger partial charge in [-0.2, -0.15) is 0 Å². The van der Waals surface area contributed by atoms with Gasteiger partial charge in [0.1, 0.15) is 0 Å². The predicted molar refractivity (Wildman–Crippen MR) is 79.9 cm³/mol. The number of anilines is 1. The molecule has 3 rings (SSSR count).